The molecular weight excluding hydrogens is 380 g/mol. The van der Waals surface area contributed by atoms with Crippen molar-refractivity contribution in [2.24, 2.45) is 5.92 Å². The Morgan fingerprint density at radius 3 is 2.75 bits per heavy atom. The molecule has 0 unspecified atom stereocenters. The number of aromatic nitrogens is 3. The van der Waals surface area contributed by atoms with E-state index in [0.29, 0.717) is 30.5 Å². The van der Waals surface area contributed by atoms with Gasteiger partial charge >= 0.3 is 5.69 Å². The highest BCUT2D eigenvalue weighted by Crippen LogP contribution is 2.23. The normalized spacial score (nSPS) is 11.0. The highest BCUT2D eigenvalue weighted by molar-refractivity contribution is 7.13. The molecule has 10 heteroatoms. The summed E-state index contributed by atoms with van der Waals surface area (Å²) in [7, 11) is 0. The topological polar surface area (TPSA) is 126 Å². The number of H-pyrrole nitrogens is 1. The number of rotatable bonds is 9. The summed E-state index contributed by atoms with van der Waals surface area (Å²) in [6, 6.07) is 0. The van der Waals surface area contributed by atoms with E-state index in [4.69, 9.17) is 5.73 Å². The van der Waals surface area contributed by atoms with Gasteiger partial charge in [-0.2, -0.15) is 0 Å². The molecule has 0 fully saturated rings. The van der Waals surface area contributed by atoms with Crippen molar-refractivity contribution in [2.45, 2.75) is 53.6 Å². The molecule has 0 aliphatic carbocycles. The highest BCUT2D eigenvalue weighted by atomic mass is 32.1. The molecule has 0 spiro atoms. The van der Waals surface area contributed by atoms with Gasteiger partial charge in [0.15, 0.2) is 5.13 Å². The van der Waals surface area contributed by atoms with Gasteiger partial charge in [0, 0.05) is 25.4 Å². The Bertz CT molecular complexity index is 930. The second kappa shape index (κ2) is 9.54. The fourth-order valence-electron chi connectivity index (χ4n) is 2.83. The monoisotopic (exact) mass is 408 g/mol. The second-order valence-electron chi connectivity index (χ2n) is 7.10. The molecule has 2 rings (SSSR count). The van der Waals surface area contributed by atoms with Crippen LogP contribution in [-0.4, -0.2) is 27.0 Å². The zero-order valence-corrected chi connectivity index (χ0v) is 17.6. The molecule has 2 heterocycles. The lowest BCUT2D eigenvalue weighted by atomic mass is 10.2. The first-order chi connectivity index (χ1) is 13.2. The summed E-state index contributed by atoms with van der Waals surface area (Å²) >= 11 is 1.32. The number of hydrogen-bond donors (Lipinski definition) is 3. The third kappa shape index (κ3) is 5.44. The summed E-state index contributed by atoms with van der Waals surface area (Å²) in [6.07, 6.45) is 1.79. The molecule has 0 bridgehead atoms. The van der Waals surface area contributed by atoms with Gasteiger partial charge in [-0.25, -0.2) is 9.78 Å². The van der Waals surface area contributed by atoms with Gasteiger partial charge in [0.1, 0.15) is 11.5 Å². The molecule has 0 aliphatic heterocycles. The van der Waals surface area contributed by atoms with Crippen molar-refractivity contribution in [1.29, 1.82) is 0 Å². The number of carbonyl (C=O) groups excluding carboxylic acids is 1. The van der Waals surface area contributed by atoms with Crippen LogP contribution in [0.25, 0.3) is 0 Å². The number of hydrogen-bond acceptors (Lipinski definition) is 7. The molecule has 0 saturated heterocycles. The van der Waals surface area contributed by atoms with Crippen molar-refractivity contribution in [3.05, 3.63) is 31.9 Å². The van der Waals surface area contributed by atoms with Gasteiger partial charge in [0.2, 0.25) is 5.91 Å². The second-order valence-corrected chi connectivity index (χ2v) is 7.96. The summed E-state index contributed by atoms with van der Waals surface area (Å²) < 4.78 is 1.41. The van der Waals surface area contributed by atoms with Crippen LogP contribution in [0.1, 0.15) is 46.2 Å². The van der Waals surface area contributed by atoms with Crippen molar-refractivity contribution in [2.75, 3.05) is 22.5 Å². The molecule has 0 aliphatic rings. The molecule has 0 radical (unpaired) electrons. The molecule has 0 saturated carbocycles. The number of nitrogens with zero attached hydrogens (tertiary/aromatic N) is 3. The number of nitrogen functional groups attached to an aromatic ring is 1. The first kappa shape index (κ1) is 21.7. The zero-order chi connectivity index (χ0) is 20.8. The minimum Gasteiger partial charge on any atom is -0.383 e. The molecule has 154 valence electrons. The van der Waals surface area contributed by atoms with E-state index in [1.165, 1.54) is 22.8 Å². The number of unbranched alkanes of at least 4 members (excludes halogenated alkanes) is 1. The summed E-state index contributed by atoms with van der Waals surface area (Å²) in [5, 5.41) is 4.99. The molecule has 2 aromatic rings. The number of thiazole rings is 1. The maximum absolute atomic E-state index is 12.6. The quantitative estimate of drug-likeness (QED) is 0.582. The van der Waals surface area contributed by atoms with Crippen LogP contribution in [0, 0.1) is 5.92 Å². The number of aromatic amines is 1. The average Bonchev–Trinajstić information content (AvgIpc) is 3.02. The van der Waals surface area contributed by atoms with Gasteiger partial charge in [0.25, 0.3) is 5.56 Å². The lowest BCUT2D eigenvalue weighted by Gasteiger charge is -2.25. The van der Waals surface area contributed by atoms with E-state index >= 15 is 0 Å². The van der Waals surface area contributed by atoms with E-state index in [1.807, 2.05) is 24.1 Å². The van der Waals surface area contributed by atoms with Crippen LogP contribution >= 0.6 is 11.3 Å². The molecule has 4 N–H and O–H groups in total. The molecule has 1 amide bonds. The first-order valence-corrected chi connectivity index (χ1v) is 10.2. The first-order valence-electron chi connectivity index (χ1n) is 9.32. The van der Waals surface area contributed by atoms with E-state index < -0.39 is 11.2 Å². The van der Waals surface area contributed by atoms with Crippen molar-refractivity contribution in [3.63, 3.8) is 0 Å². The number of carbonyl (C=O) groups is 1. The summed E-state index contributed by atoms with van der Waals surface area (Å²) in [5.74, 6) is 0.169. The van der Waals surface area contributed by atoms with Gasteiger partial charge in [-0.15, -0.1) is 11.3 Å². The Morgan fingerprint density at radius 2 is 2.14 bits per heavy atom. The maximum Gasteiger partial charge on any atom is 0.330 e. The highest BCUT2D eigenvalue weighted by Gasteiger charge is 2.20. The van der Waals surface area contributed by atoms with Crippen LogP contribution < -0.4 is 27.2 Å². The smallest absolute Gasteiger partial charge is 0.330 e. The Balaban J connectivity index is 2.42. The maximum atomic E-state index is 12.6. The average molecular weight is 409 g/mol. The van der Waals surface area contributed by atoms with Crippen molar-refractivity contribution < 1.29 is 4.79 Å². The predicted molar refractivity (Wildman–Crippen MR) is 113 cm³/mol. The standard InChI is InChI=1S/C18H28N6O3S/c1-5-6-7-23(9-13-10-28-17(21-13)20-12(4)25)14-15(19)24(8-11(2)3)18(27)22-16(14)26/h10-11H,5-9,19H2,1-4H3,(H,20,21,25)(H,22,26,27). The molecule has 9 nitrogen and oxygen atoms in total. The Hall–Kier alpha value is -2.62. The third-order valence-corrected chi connectivity index (χ3v) is 4.85. The minimum atomic E-state index is -0.504. The van der Waals surface area contributed by atoms with Crippen LogP contribution in [0.3, 0.4) is 0 Å². The van der Waals surface area contributed by atoms with Crippen molar-refractivity contribution in [1.82, 2.24) is 14.5 Å². The molecule has 0 atom stereocenters. The van der Waals surface area contributed by atoms with Gasteiger partial charge in [-0.1, -0.05) is 27.2 Å². The van der Waals surface area contributed by atoms with Crippen LogP contribution in [-0.2, 0) is 17.9 Å². The van der Waals surface area contributed by atoms with E-state index in [-0.39, 0.29) is 23.3 Å². The van der Waals surface area contributed by atoms with Crippen molar-refractivity contribution in [3.8, 4) is 0 Å². The van der Waals surface area contributed by atoms with Gasteiger partial charge in [-0.05, 0) is 12.3 Å². The Kier molecular flexibility index (Phi) is 7.38. The lowest BCUT2D eigenvalue weighted by molar-refractivity contribution is -0.114. The van der Waals surface area contributed by atoms with E-state index in [1.54, 1.807) is 0 Å². The number of nitrogens with one attached hydrogen (secondary N) is 2. The van der Waals surface area contributed by atoms with Gasteiger partial charge in [0.05, 0.1) is 12.2 Å². The Labute approximate surface area is 167 Å². The number of nitrogens with two attached hydrogens (primary N) is 1. The van der Waals surface area contributed by atoms with Crippen molar-refractivity contribution >= 4 is 33.9 Å². The summed E-state index contributed by atoms with van der Waals surface area (Å²) in [4.78, 5) is 44.6. The zero-order valence-electron chi connectivity index (χ0n) is 16.7. The van der Waals surface area contributed by atoms with Gasteiger partial charge in [-0.3, -0.25) is 19.1 Å². The number of amides is 1. The summed E-state index contributed by atoms with van der Waals surface area (Å²) in [5.41, 5.74) is 6.24. The minimum absolute atomic E-state index is 0.163. The fourth-order valence-corrected chi connectivity index (χ4v) is 3.58. The molecule has 0 aromatic carbocycles. The van der Waals surface area contributed by atoms with Crippen LogP contribution in [0.15, 0.2) is 15.0 Å². The molecule has 28 heavy (non-hydrogen) atoms. The lowest BCUT2D eigenvalue weighted by Crippen LogP contribution is -2.39. The third-order valence-electron chi connectivity index (χ3n) is 4.05. The molecule has 2 aromatic heterocycles. The van der Waals surface area contributed by atoms with E-state index in [9.17, 15) is 14.4 Å². The van der Waals surface area contributed by atoms with E-state index in [2.05, 4.69) is 22.2 Å². The van der Waals surface area contributed by atoms with Crippen LogP contribution in [0.2, 0.25) is 0 Å². The van der Waals surface area contributed by atoms with E-state index in [0.717, 1.165) is 12.8 Å². The summed E-state index contributed by atoms with van der Waals surface area (Å²) in [6.45, 7) is 8.80. The van der Waals surface area contributed by atoms with Gasteiger partial charge < -0.3 is 16.0 Å². The Morgan fingerprint density at radius 1 is 1.43 bits per heavy atom. The SMILES string of the molecule is CCCCN(Cc1csc(NC(C)=O)n1)c1c(N)n(CC(C)C)c(=O)[nH]c1=O. The van der Waals surface area contributed by atoms with Crippen LogP contribution in [0.5, 0.6) is 0 Å². The fraction of sp³-hybridized carbons (Fsp3) is 0.556. The predicted octanol–water partition coefficient (Wildman–Crippen LogP) is 2.00. The van der Waals surface area contributed by atoms with Crippen LogP contribution in [0.4, 0.5) is 16.6 Å². The molecular formula is C18H28N6O3S. The number of anilines is 3. The largest absolute Gasteiger partial charge is 0.383 e.